The molecule has 1 aromatic carbocycles. The first-order valence-electron chi connectivity index (χ1n) is 7.05. The molecule has 1 aromatic rings. The van der Waals surface area contributed by atoms with Crippen LogP contribution in [0.3, 0.4) is 0 Å². The van der Waals surface area contributed by atoms with Crippen molar-refractivity contribution in [2.75, 3.05) is 4.90 Å². The number of nitrogens with zero attached hydrogens (tertiary/aromatic N) is 1. The van der Waals surface area contributed by atoms with E-state index in [0.717, 1.165) is 11.4 Å². The molecule has 0 unspecified atom stereocenters. The van der Waals surface area contributed by atoms with Gasteiger partial charge in [-0.25, -0.2) is 0 Å². The molecule has 2 nitrogen and oxygen atoms in total. The minimum atomic E-state index is -0.144. The average molecular weight is 273 g/mol. The van der Waals surface area contributed by atoms with Crippen molar-refractivity contribution in [2.24, 2.45) is 5.41 Å². The fourth-order valence-corrected chi connectivity index (χ4v) is 1.97. The number of allylic oxidation sites excluding steroid dienone is 1. The Labute approximate surface area is 123 Å². The second-order valence-corrected chi connectivity index (χ2v) is 7.35. The number of rotatable bonds is 2. The Morgan fingerprint density at radius 2 is 1.45 bits per heavy atom. The van der Waals surface area contributed by atoms with Crippen molar-refractivity contribution in [3.8, 4) is 0 Å². The van der Waals surface area contributed by atoms with Crippen LogP contribution >= 0.6 is 0 Å². The molecule has 0 aliphatic rings. The van der Waals surface area contributed by atoms with Gasteiger partial charge < -0.3 is 0 Å². The molecule has 0 fully saturated rings. The smallest absolute Gasteiger partial charge is 0.228 e. The minimum Gasteiger partial charge on any atom is -0.285 e. The van der Waals surface area contributed by atoms with Gasteiger partial charge in [0.25, 0.3) is 0 Å². The summed E-state index contributed by atoms with van der Waals surface area (Å²) in [6.45, 7) is 18.4. The van der Waals surface area contributed by atoms with E-state index in [4.69, 9.17) is 0 Å². The molecule has 0 saturated heterocycles. The van der Waals surface area contributed by atoms with Gasteiger partial charge in [-0.05, 0) is 23.1 Å². The molecule has 0 saturated carbocycles. The summed E-state index contributed by atoms with van der Waals surface area (Å²) in [5, 5.41) is 0. The molecule has 0 spiro atoms. The van der Waals surface area contributed by atoms with E-state index in [2.05, 4.69) is 60.3 Å². The van der Waals surface area contributed by atoms with E-state index in [1.165, 1.54) is 5.56 Å². The number of hydrogen-bond acceptors (Lipinski definition) is 1. The van der Waals surface area contributed by atoms with Gasteiger partial charge in [0.05, 0.1) is 0 Å². The lowest BCUT2D eigenvalue weighted by molar-refractivity contribution is -0.116. The van der Waals surface area contributed by atoms with Crippen molar-refractivity contribution in [3.05, 3.63) is 42.1 Å². The number of carbonyl (C=O) groups excluding carboxylic acids is 1. The van der Waals surface area contributed by atoms with Gasteiger partial charge in [-0.15, -0.1) is 0 Å². The van der Waals surface area contributed by atoms with Gasteiger partial charge >= 0.3 is 0 Å². The van der Waals surface area contributed by atoms with Crippen LogP contribution in [0.25, 0.3) is 0 Å². The van der Waals surface area contributed by atoms with E-state index >= 15 is 0 Å². The van der Waals surface area contributed by atoms with E-state index in [1.807, 2.05) is 12.1 Å². The van der Waals surface area contributed by atoms with E-state index < -0.39 is 0 Å². The fraction of sp³-hybridized carbons (Fsp3) is 0.500. The molecule has 0 radical (unpaired) electrons. The van der Waals surface area contributed by atoms with Crippen molar-refractivity contribution in [3.63, 3.8) is 0 Å². The Morgan fingerprint density at radius 3 is 1.75 bits per heavy atom. The second kappa shape index (κ2) is 5.43. The Hall–Kier alpha value is -1.57. The molecule has 0 atom stereocenters. The summed E-state index contributed by atoms with van der Waals surface area (Å²) in [6, 6.07) is 8.17. The van der Waals surface area contributed by atoms with E-state index in [1.54, 1.807) is 11.8 Å². The topological polar surface area (TPSA) is 20.3 Å². The van der Waals surface area contributed by atoms with Gasteiger partial charge in [-0.3, -0.25) is 9.69 Å². The third-order valence-electron chi connectivity index (χ3n) is 3.44. The molecular formula is C18H27NO. The van der Waals surface area contributed by atoms with Gasteiger partial charge in [-0.1, -0.05) is 60.3 Å². The van der Waals surface area contributed by atoms with Crippen LogP contribution in [0.4, 0.5) is 5.69 Å². The summed E-state index contributed by atoms with van der Waals surface area (Å²) >= 11 is 0. The summed E-state index contributed by atoms with van der Waals surface area (Å²) in [4.78, 5) is 13.7. The number of hydrogen-bond donors (Lipinski definition) is 0. The first-order chi connectivity index (χ1) is 8.94. The van der Waals surface area contributed by atoms with Crippen LogP contribution in [0.1, 0.15) is 54.0 Å². The number of anilines is 1. The van der Waals surface area contributed by atoms with Crippen LogP contribution < -0.4 is 4.90 Å². The highest BCUT2D eigenvalue weighted by Crippen LogP contribution is 2.32. The predicted molar refractivity (Wildman–Crippen MR) is 86.9 cm³/mol. The van der Waals surface area contributed by atoms with E-state index in [-0.39, 0.29) is 16.7 Å². The van der Waals surface area contributed by atoms with Crippen LogP contribution in [-0.4, -0.2) is 5.91 Å². The zero-order valence-electron chi connectivity index (χ0n) is 13.9. The first-order valence-corrected chi connectivity index (χ1v) is 7.05. The largest absolute Gasteiger partial charge is 0.285 e. The molecule has 0 bridgehead atoms. The third kappa shape index (κ3) is 3.72. The van der Waals surface area contributed by atoms with E-state index in [9.17, 15) is 4.79 Å². The SMILES string of the molecule is C=C(N(C(C)=O)c1ccc(C(C)(C)C)cc1)C(C)(C)C. The molecule has 0 N–H and O–H groups in total. The van der Waals surface area contributed by atoms with Gasteiger partial charge in [0.2, 0.25) is 5.91 Å². The van der Waals surface area contributed by atoms with Crippen molar-refractivity contribution >= 4 is 11.6 Å². The van der Waals surface area contributed by atoms with Crippen LogP contribution in [-0.2, 0) is 10.2 Å². The molecule has 1 amide bonds. The highest BCUT2D eigenvalue weighted by atomic mass is 16.2. The summed E-state index contributed by atoms with van der Waals surface area (Å²) in [5.41, 5.74) is 2.92. The first kappa shape index (κ1) is 16.5. The molecular weight excluding hydrogens is 246 g/mol. The van der Waals surface area contributed by atoms with Crippen molar-refractivity contribution in [1.29, 1.82) is 0 Å². The zero-order chi connectivity index (χ0) is 15.7. The standard InChI is InChI=1S/C18H27NO/c1-13(17(3,4)5)19(14(2)20)16-11-9-15(10-12-16)18(6,7)8/h9-12H,1H2,2-8H3. The van der Waals surface area contributed by atoms with Crippen molar-refractivity contribution < 1.29 is 4.79 Å². The molecule has 0 heterocycles. The molecule has 0 aliphatic heterocycles. The molecule has 2 heteroatoms. The Morgan fingerprint density at radius 1 is 1.00 bits per heavy atom. The van der Waals surface area contributed by atoms with Crippen molar-refractivity contribution in [2.45, 2.75) is 53.9 Å². The number of amides is 1. The minimum absolute atomic E-state index is 0.00608. The molecule has 1 rings (SSSR count). The molecule has 20 heavy (non-hydrogen) atoms. The Kier molecular flexibility index (Phi) is 4.48. The van der Waals surface area contributed by atoms with Crippen LogP contribution in [0.15, 0.2) is 36.5 Å². The maximum atomic E-state index is 12.0. The lowest BCUT2D eigenvalue weighted by Crippen LogP contribution is -2.33. The van der Waals surface area contributed by atoms with Crippen molar-refractivity contribution in [1.82, 2.24) is 0 Å². The number of carbonyl (C=O) groups is 1. The Balaban J connectivity index is 3.18. The fourth-order valence-electron chi connectivity index (χ4n) is 1.97. The summed E-state index contributed by atoms with van der Waals surface area (Å²) in [5.74, 6) is -0.00608. The predicted octanol–water partition coefficient (Wildman–Crippen LogP) is 4.90. The summed E-state index contributed by atoms with van der Waals surface area (Å²) < 4.78 is 0. The quantitative estimate of drug-likeness (QED) is 0.750. The van der Waals surface area contributed by atoms with E-state index in [0.29, 0.717) is 0 Å². The number of benzene rings is 1. The lowest BCUT2D eigenvalue weighted by Gasteiger charge is -2.32. The van der Waals surface area contributed by atoms with Gasteiger partial charge in [0.1, 0.15) is 0 Å². The molecule has 0 aromatic heterocycles. The van der Waals surface area contributed by atoms with Gasteiger partial charge in [-0.2, -0.15) is 0 Å². The van der Waals surface area contributed by atoms with Crippen LogP contribution in [0.5, 0.6) is 0 Å². The third-order valence-corrected chi connectivity index (χ3v) is 3.44. The monoisotopic (exact) mass is 273 g/mol. The van der Waals surface area contributed by atoms with Gasteiger partial charge in [0.15, 0.2) is 0 Å². The maximum Gasteiger partial charge on any atom is 0.228 e. The highest BCUT2D eigenvalue weighted by Gasteiger charge is 2.25. The molecule has 0 aliphatic carbocycles. The molecule has 110 valence electrons. The zero-order valence-corrected chi connectivity index (χ0v) is 13.9. The lowest BCUT2D eigenvalue weighted by atomic mass is 9.87. The maximum absolute atomic E-state index is 12.0. The normalized spacial score (nSPS) is 12.2. The summed E-state index contributed by atoms with van der Waals surface area (Å²) in [7, 11) is 0. The van der Waals surface area contributed by atoms with Gasteiger partial charge in [0, 0.05) is 23.7 Å². The van der Waals surface area contributed by atoms with Crippen LogP contribution in [0, 0.1) is 5.41 Å². The summed E-state index contributed by atoms with van der Waals surface area (Å²) in [6.07, 6.45) is 0. The highest BCUT2D eigenvalue weighted by molar-refractivity contribution is 5.94. The second-order valence-electron chi connectivity index (χ2n) is 7.35. The average Bonchev–Trinajstić information content (AvgIpc) is 2.26. The van der Waals surface area contributed by atoms with Crippen LogP contribution in [0.2, 0.25) is 0 Å². The Bertz CT molecular complexity index is 498.